The lowest BCUT2D eigenvalue weighted by Crippen LogP contribution is -2.39. The molecule has 0 spiro atoms. The summed E-state index contributed by atoms with van der Waals surface area (Å²) in [5.74, 6) is 1.97. The van der Waals surface area contributed by atoms with Gasteiger partial charge in [-0.05, 0) is 36.8 Å². The number of hydrogen-bond donors (Lipinski definition) is 2. The Morgan fingerprint density at radius 3 is 2.50 bits per heavy atom. The van der Waals surface area contributed by atoms with Crippen molar-refractivity contribution in [3.8, 4) is 11.5 Å². The first-order valence-corrected chi connectivity index (χ1v) is 8.24. The Morgan fingerprint density at radius 1 is 1.08 bits per heavy atom. The highest BCUT2D eigenvalue weighted by Gasteiger charge is 2.00. The minimum atomic E-state index is -0.243. The number of hydrogen-bond acceptors (Lipinski definition) is 3. The fraction of sp³-hybridized carbons (Fsp3) is 0.316. The summed E-state index contributed by atoms with van der Waals surface area (Å²) >= 11 is 0. The Bertz CT molecular complexity index is 681. The highest BCUT2D eigenvalue weighted by atomic mass is 127. The van der Waals surface area contributed by atoms with Gasteiger partial charge in [0.25, 0.3) is 0 Å². The van der Waals surface area contributed by atoms with Gasteiger partial charge >= 0.3 is 0 Å². The molecule has 0 aliphatic carbocycles. The minimum absolute atomic E-state index is 0. The van der Waals surface area contributed by atoms with Crippen LogP contribution in [0.5, 0.6) is 11.5 Å². The molecule has 2 aromatic carbocycles. The predicted octanol–water partition coefficient (Wildman–Crippen LogP) is 3.59. The van der Waals surface area contributed by atoms with E-state index < -0.39 is 0 Å². The smallest absolute Gasteiger partial charge is 0.191 e. The molecule has 0 aliphatic heterocycles. The highest BCUT2D eigenvalue weighted by molar-refractivity contribution is 14.0. The topological polar surface area (TPSA) is 54.9 Å². The van der Waals surface area contributed by atoms with Gasteiger partial charge in [-0.25, -0.2) is 9.38 Å². The fourth-order valence-electron chi connectivity index (χ4n) is 2.13. The number of halogens is 2. The van der Waals surface area contributed by atoms with E-state index in [2.05, 4.69) is 15.6 Å². The average Bonchev–Trinajstić information content (AvgIpc) is 2.64. The van der Waals surface area contributed by atoms with E-state index in [0.717, 1.165) is 23.6 Å². The van der Waals surface area contributed by atoms with Crippen molar-refractivity contribution in [1.29, 1.82) is 0 Å². The van der Waals surface area contributed by atoms with E-state index in [-0.39, 0.29) is 29.8 Å². The maximum atomic E-state index is 12.9. The van der Waals surface area contributed by atoms with Crippen LogP contribution in [0.25, 0.3) is 0 Å². The van der Waals surface area contributed by atoms with Gasteiger partial charge in [-0.1, -0.05) is 18.2 Å². The van der Waals surface area contributed by atoms with Crippen LogP contribution < -0.4 is 20.1 Å². The maximum absolute atomic E-state index is 12.9. The quantitative estimate of drug-likeness (QED) is 0.267. The first-order valence-electron chi connectivity index (χ1n) is 8.24. The second-order valence-corrected chi connectivity index (χ2v) is 5.28. The molecule has 0 aliphatic rings. The summed E-state index contributed by atoms with van der Waals surface area (Å²) in [6.45, 7) is 4.33. The van der Waals surface area contributed by atoms with Crippen LogP contribution in [-0.2, 0) is 6.54 Å². The Labute approximate surface area is 171 Å². The lowest BCUT2D eigenvalue weighted by molar-refractivity contribution is 0.319. The summed E-state index contributed by atoms with van der Waals surface area (Å²) < 4.78 is 23.8. The van der Waals surface area contributed by atoms with Crippen LogP contribution >= 0.6 is 24.0 Å². The van der Waals surface area contributed by atoms with E-state index in [1.54, 1.807) is 19.2 Å². The molecule has 0 aromatic heterocycles. The van der Waals surface area contributed by atoms with Crippen molar-refractivity contribution < 1.29 is 13.9 Å². The van der Waals surface area contributed by atoms with Gasteiger partial charge in [0.05, 0.1) is 20.2 Å². The third kappa shape index (κ3) is 7.90. The van der Waals surface area contributed by atoms with Crippen LogP contribution in [0.1, 0.15) is 12.5 Å². The number of nitrogens with zero attached hydrogens (tertiary/aromatic N) is 1. The molecule has 0 fully saturated rings. The molecule has 2 N–H and O–H groups in total. The number of guanidine groups is 1. The Kier molecular flexibility index (Phi) is 10.5. The molecule has 0 unspecified atom stereocenters. The molecule has 142 valence electrons. The van der Waals surface area contributed by atoms with Crippen molar-refractivity contribution in [3.63, 3.8) is 0 Å². The van der Waals surface area contributed by atoms with Crippen molar-refractivity contribution in [2.45, 2.75) is 13.5 Å². The van der Waals surface area contributed by atoms with Crippen molar-refractivity contribution in [2.75, 3.05) is 26.8 Å². The summed E-state index contributed by atoms with van der Waals surface area (Å²) in [4.78, 5) is 4.48. The number of nitrogens with one attached hydrogen (secondary N) is 2. The van der Waals surface area contributed by atoms with Crippen molar-refractivity contribution in [2.24, 2.45) is 4.99 Å². The van der Waals surface area contributed by atoms with Gasteiger partial charge in [0.15, 0.2) is 5.96 Å². The van der Waals surface area contributed by atoms with Gasteiger partial charge in [-0.2, -0.15) is 0 Å². The summed E-state index contributed by atoms with van der Waals surface area (Å²) in [6, 6.07) is 13.8. The zero-order valence-electron chi connectivity index (χ0n) is 15.0. The van der Waals surface area contributed by atoms with Gasteiger partial charge in [0, 0.05) is 12.6 Å². The van der Waals surface area contributed by atoms with Crippen LogP contribution in [0.2, 0.25) is 0 Å². The molecule has 0 radical (unpaired) electrons. The predicted molar refractivity (Wildman–Crippen MR) is 113 cm³/mol. The number of benzene rings is 2. The standard InChI is InChI=1S/C19H24FN3O2.HI/c1-3-21-19(23-14-15-7-9-16(20)10-8-15)22-11-12-25-18-6-4-5-17(13-18)24-2;/h4-10,13H,3,11-12,14H2,1-2H3,(H2,21,22,23);1H. The monoisotopic (exact) mass is 473 g/mol. The number of aliphatic imine (C=N–C) groups is 1. The van der Waals surface area contributed by atoms with Gasteiger partial charge < -0.3 is 20.1 Å². The fourth-order valence-corrected chi connectivity index (χ4v) is 2.13. The van der Waals surface area contributed by atoms with Gasteiger partial charge in [0.1, 0.15) is 23.9 Å². The zero-order valence-corrected chi connectivity index (χ0v) is 17.3. The summed E-state index contributed by atoms with van der Waals surface area (Å²) in [5.41, 5.74) is 0.950. The van der Waals surface area contributed by atoms with Crippen LogP contribution in [-0.4, -0.2) is 32.8 Å². The number of rotatable bonds is 8. The average molecular weight is 473 g/mol. The third-order valence-corrected chi connectivity index (χ3v) is 3.38. The zero-order chi connectivity index (χ0) is 17.9. The molecule has 7 heteroatoms. The van der Waals surface area contributed by atoms with Gasteiger partial charge in [0.2, 0.25) is 0 Å². The van der Waals surface area contributed by atoms with Crippen LogP contribution in [0, 0.1) is 5.82 Å². The van der Waals surface area contributed by atoms with Crippen LogP contribution in [0.3, 0.4) is 0 Å². The van der Waals surface area contributed by atoms with Crippen molar-refractivity contribution >= 4 is 29.9 Å². The molecule has 0 amide bonds. The Morgan fingerprint density at radius 2 is 1.81 bits per heavy atom. The highest BCUT2D eigenvalue weighted by Crippen LogP contribution is 2.18. The first-order chi connectivity index (χ1) is 12.2. The largest absolute Gasteiger partial charge is 0.497 e. The number of ether oxygens (including phenoxy) is 2. The van der Waals surface area contributed by atoms with E-state index in [9.17, 15) is 4.39 Å². The molecule has 0 atom stereocenters. The molecule has 0 saturated heterocycles. The number of methoxy groups -OCH3 is 1. The normalized spacial score (nSPS) is 10.7. The van der Waals surface area contributed by atoms with Crippen LogP contribution in [0.15, 0.2) is 53.5 Å². The minimum Gasteiger partial charge on any atom is -0.497 e. The molecular weight excluding hydrogens is 448 g/mol. The van der Waals surface area contributed by atoms with Crippen LogP contribution in [0.4, 0.5) is 4.39 Å². The Balaban J connectivity index is 0.00000338. The van der Waals surface area contributed by atoms with E-state index in [1.165, 1.54) is 12.1 Å². The van der Waals surface area contributed by atoms with E-state index in [4.69, 9.17) is 9.47 Å². The Hall–Kier alpha value is -2.03. The van der Waals surface area contributed by atoms with Gasteiger partial charge in [-0.3, -0.25) is 0 Å². The van der Waals surface area contributed by atoms with Gasteiger partial charge in [-0.15, -0.1) is 24.0 Å². The lowest BCUT2D eigenvalue weighted by atomic mass is 10.2. The van der Waals surface area contributed by atoms with E-state index in [1.807, 2.05) is 31.2 Å². The SMILES string of the molecule is CCNC(=NCc1ccc(F)cc1)NCCOc1cccc(OC)c1.I. The molecule has 0 heterocycles. The van der Waals surface area contributed by atoms with E-state index >= 15 is 0 Å². The van der Waals surface area contributed by atoms with Crippen molar-refractivity contribution in [3.05, 3.63) is 59.9 Å². The second-order valence-electron chi connectivity index (χ2n) is 5.28. The lowest BCUT2D eigenvalue weighted by Gasteiger charge is -2.12. The second kappa shape index (κ2) is 12.3. The first kappa shape index (κ1) is 22.0. The molecule has 2 aromatic rings. The third-order valence-electron chi connectivity index (χ3n) is 3.38. The summed E-state index contributed by atoms with van der Waals surface area (Å²) in [5, 5.41) is 6.38. The molecule has 2 rings (SSSR count). The van der Waals surface area contributed by atoms with Crippen molar-refractivity contribution in [1.82, 2.24) is 10.6 Å². The molecule has 0 saturated carbocycles. The maximum Gasteiger partial charge on any atom is 0.191 e. The summed E-state index contributed by atoms with van der Waals surface area (Å²) in [6.07, 6.45) is 0. The van der Waals surface area contributed by atoms with E-state index in [0.29, 0.717) is 25.7 Å². The summed E-state index contributed by atoms with van der Waals surface area (Å²) in [7, 11) is 1.63. The molecule has 0 bridgehead atoms. The molecule has 26 heavy (non-hydrogen) atoms. The molecule has 5 nitrogen and oxygen atoms in total. The molecular formula is C19H25FIN3O2.